The average molecular weight is 440 g/mol. The number of carbonyl (C=O) groups excluding carboxylic acids is 3. The highest BCUT2D eigenvalue weighted by molar-refractivity contribution is 6.02. The minimum absolute atomic E-state index is 0.0110. The monoisotopic (exact) mass is 439 g/mol. The van der Waals surface area contributed by atoms with Crippen molar-refractivity contribution in [2.24, 2.45) is 5.92 Å². The molecule has 0 saturated carbocycles. The molecule has 0 bridgehead atoms. The Labute approximate surface area is 186 Å². The van der Waals surface area contributed by atoms with Crippen LogP contribution in [0.1, 0.15) is 122 Å². The quantitative estimate of drug-likeness (QED) is 0.161. The molecule has 0 aromatic heterocycles. The van der Waals surface area contributed by atoms with Crippen LogP contribution in [0.15, 0.2) is 0 Å². The van der Waals surface area contributed by atoms with E-state index in [-0.39, 0.29) is 19.3 Å². The maximum Gasteiger partial charge on any atom is 0.347 e. The predicted molar refractivity (Wildman–Crippen MR) is 118 cm³/mol. The molecule has 7 heteroatoms. The highest BCUT2D eigenvalue weighted by atomic mass is 16.7. The normalized spacial score (nSPS) is 14.8. The molecule has 1 aliphatic rings. The molecule has 1 N–H and O–H groups in total. The zero-order valence-electron chi connectivity index (χ0n) is 19.2. The molecule has 0 spiro atoms. The van der Waals surface area contributed by atoms with Crippen molar-refractivity contribution < 1.29 is 29.1 Å². The number of imide groups is 1. The van der Waals surface area contributed by atoms with Crippen LogP contribution in [0.5, 0.6) is 0 Å². The topological polar surface area (TPSA) is 101 Å². The molecule has 0 aromatic rings. The first kappa shape index (κ1) is 27.1. The summed E-state index contributed by atoms with van der Waals surface area (Å²) in [6.45, 7) is 2.24. The summed E-state index contributed by atoms with van der Waals surface area (Å²) in [5.41, 5.74) is 0. The minimum atomic E-state index is -1.34. The Morgan fingerprint density at radius 1 is 0.774 bits per heavy atom. The van der Waals surface area contributed by atoms with Crippen LogP contribution in [0.3, 0.4) is 0 Å². The summed E-state index contributed by atoms with van der Waals surface area (Å²) < 4.78 is 0. The first-order valence-corrected chi connectivity index (χ1v) is 12.3. The number of hydroxylamine groups is 2. The van der Waals surface area contributed by atoms with E-state index in [0.29, 0.717) is 11.5 Å². The number of nitrogens with zero attached hydrogens (tertiary/aromatic N) is 1. The zero-order valence-corrected chi connectivity index (χ0v) is 19.2. The third-order valence-corrected chi connectivity index (χ3v) is 5.87. The summed E-state index contributed by atoms with van der Waals surface area (Å²) in [4.78, 5) is 51.2. The van der Waals surface area contributed by atoms with E-state index < -0.39 is 29.7 Å². The van der Waals surface area contributed by atoms with Gasteiger partial charge in [0.1, 0.15) is 0 Å². The smallest absolute Gasteiger partial charge is 0.347 e. The number of hydrogen-bond donors (Lipinski definition) is 1. The van der Waals surface area contributed by atoms with E-state index in [1.807, 2.05) is 0 Å². The second-order valence-corrected chi connectivity index (χ2v) is 8.62. The summed E-state index contributed by atoms with van der Waals surface area (Å²) >= 11 is 0. The number of carboxylic acids is 1. The van der Waals surface area contributed by atoms with Crippen LogP contribution in [0, 0.1) is 5.92 Å². The van der Waals surface area contributed by atoms with Crippen molar-refractivity contribution in [3.8, 4) is 0 Å². The summed E-state index contributed by atoms with van der Waals surface area (Å²) in [7, 11) is 0. The number of aliphatic carboxylic acids is 1. The fourth-order valence-corrected chi connectivity index (χ4v) is 3.87. The van der Waals surface area contributed by atoms with Gasteiger partial charge in [-0.2, -0.15) is 0 Å². The molecule has 0 aromatic carbocycles. The highest BCUT2D eigenvalue weighted by Crippen LogP contribution is 2.19. The number of amides is 2. The lowest BCUT2D eigenvalue weighted by molar-refractivity contribution is -0.202. The Hall–Kier alpha value is -1.92. The molecule has 1 heterocycles. The van der Waals surface area contributed by atoms with E-state index >= 15 is 0 Å². The average Bonchev–Trinajstić information content (AvgIpc) is 3.05. The molecule has 31 heavy (non-hydrogen) atoms. The van der Waals surface area contributed by atoms with Crippen LogP contribution < -0.4 is 0 Å². The molecule has 1 saturated heterocycles. The molecular formula is C24H41NO6. The number of rotatable bonds is 19. The van der Waals surface area contributed by atoms with Crippen LogP contribution in [0.4, 0.5) is 0 Å². The first-order valence-electron chi connectivity index (χ1n) is 12.3. The van der Waals surface area contributed by atoms with Gasteiger partial charge in [-0.05, 0) is 6.42 Å². The lowest BCUT2D eigenvalue weighted by Gasteiger charge is -2.16. The molecule has 2 amide bonds. The van der Waals surface area contributed by atoms with Crippen molar-refractivity contribution >= 4 is 23.8 Å². The third kappa shape index (κ3) is 11.9. The zero-order chi connectivity index (χ0) is 22.9. The lowest BCUT2D eigenvalue weighted by atomic mass is 10.00. The molecule has 1 fully saturated rings. The van der Waals surface area contributed by atoms with E-state index in [1.54, 1.807) is 0 Å². The molecule has 1 aliphatic heterocycles. The minimum Gasteiger partial charge on any atom is -0.481 e. The van der Waals surface area contributed by atoms with E-state index in [1.165, 1.54) is 70.6 Å². The van der Waals surface area contributed by atoms with Crippen molar-refractivity contribution in [3.63, 3.8) is 0 Å². The van der Waals surface area contributed by atoms with Gasteiger partial charge in [-0.3, -0.25) is 14.4 Å². The number of carboxylic acid groups (broad SMARTS) is 1. The van der Waals surface area contributed by atoms with Crippen LogP contribution in [-0.2, 0) is 24.0 Å². The molecule has 1 atom stereocenters. The molecule has 0 aliphatic carbocycles. The second kappa shape index (κ2) is 16.7. The number of hydrogen-bond acceptors (Lipinski definition) is 5. The van der Waals surface area contributed by atoms with Crippen molar-refractivity contribution in [3.05, 3.63) is 0 Å². The summed E-state index contributed by atoms with van der Waals surface area (Å²) in [6.07, 6.45) is 18.3. The van der Waals surface area contributed by atoms with Crippen molar-refractivity contribution in [1.82, 2.24) is 5.06 Å². The molecule has 0 radical (unpaired) electrons. The van der Waals surface area contributed by atoms with Crippen molar-refractivity contribution in [2.75, 3.05) is 0 Å². The maximum atomic E-state index is 12.1. The van der Waals surface area contributed by atoms with Crippen LogP contribution in [-0.4, -0.2) is 33.9 Å². The molecular weight excluding hydrogens is 398 g/mol. The van der Waals surface area contributed by atoms with E-state index in [0.717, 1.165) is 19.3 Å². The third-order valence-electron chi connectivity index (χ3n) is 5.87. The van der Waals surface area contributed by atoms with Crippen molar-refractivity contribution in [2.45, 2.75) is 122 Å². The van der Waals surface area contributed by atoms with Gasteiger partial charge < -0.3 is 9.94 Å². The van der Waals surface area contributed by atoms with Gasteiger partial charge in [-0.15, -0.1) is 5.06 Å². The Bertz CT molecular complexity index is 546. The lowest BCUT2D eigenvalue weighted by Crippen LogP contribution is -2.36. The Balaban J connectivity index is 2.02. The van der Waals surface area contributed by atoms with Gasteiger partial charge in [0.25, 0.3) is 11.8 Å². The van der Waals surface area contributed by atoms with Gasteiger partial charge in [-0.1, -0.05) is 103 Å². The van der Waals surface area contributed by atoms with E-state index in [2.05, 4.69) is 6.92 Å². The van der Waals surface area contributed by atoms with Gasteiger partial charge in [0.05, 0.1) is 0 Å². The molecule has 1 unspecified atom stereocenters. The number of unbranched alkanes of at least 4 members (excludes halogenated alkanes) is 14. The van der Waals surface area contributed by atoms with Crippen molar-refractivity contribution in [1.29, 1.82) is 0 Å². The van der Waals surface area contributed by atoms with Crippen LogP contribution in [0.25, 0.3) is 0 Å². The van der Waals surface area contributed by atoms with Gasteiger partial charge in [0, 0.05) is 12.8 Å². The highest BCUT2D eigenvalue weighted by Gasteiger charge is 2.36. The summed E-state index contributed by atoms with van der Waals surface area (Å²) in [5, 5.41) is 9.68. The van der Waals surface area contributed by atoms with Crippen LogP contribution >= 0.6 is 0 Å². The fourth-order valence-electron chi connectivity index (χ4n) is 3.87. The number of carbonyl (C=O) groups is 4. The summed E-state index contributed by atoms with van der Waals surface area (Å²) in [6, 6.07) is 0. The Morgan fingerprint density at radius 2 is 1.16 bits per heavy atom. The standard InChI is InChI=1S/C24H41NO6/c1-2-3-4-5-6-7-8-9-10-11-12-13-14-15-16-17-20(23(28)29)24(30)31-25-21(26)18-19-22(25)27/h20H,2-19H2,1H3,(H,28,29). The Kier molecular flexibility index (Phi) is 14.6. The Morgan fingerprint density at radius 3 is 1.55 bits per heavy atom. The predicted octanol–water partition coefficient (Wildman–Crippen LogP) is 5.56. The molecule has 178 valence electrons. The SMILES string of the molecule is CCCCCCCCCCCCCCCCCC(C(=O)O)C(=O)ON1C(=O)CCC1=O. The van der Waals surface area contributed by atoms with E-state index in [4.69, 9.17) is 4.84 Å². The van der Waals surface area contributed by atoms with Gasteiger partial charge >= 0.3 is 11.9 Å². The second-order valence-electron chi connectivity index (χ2n) is 8.62. The fraction of sp³-hybridized carbons (Fsp3) is 0.833. The van der Waals surface area contributed by atoms with Gasteiger partial charge in [0.2, 0.25) is 0 Å². The first-order chi connectivity index (χ1) is 15.0. The van der Waals surface area contributed by atoms with Gasteiger partial charge in [0.15, 0.2) is 5.92 Å². The molecule has 7 nitrogen and oxygen atoms in total. The summed E-state index contributed by atoms with van der Waals surface area (Å²) in [5.74, 6) is -4.87. The molecule has 1 rings (SSSR count). The largest absolute Gasteiger partial charge is 0.481 e. The maximum absolute atomic E-state index is 12.1. The van der Waals surface area contributed by atoms with E-state index in [9.17, 15) is 24.3 Å². The van der Waals surface area contributed by atoms with Crippen LogP contribution in [0.2, 0.25) is 0 Å². The van der Waals surface area contributed by atoms with Gasteiger partial charge in [-0.25, -0.2) is 4.79 Å².